The van der Waals surface area contributed by atoms with E-state index < -0.39 is 36.0 Å². The number of carbonyl (C=O) groups is 3. The van der Waals surface area contributed by atoms with Crippen molar-refractivity contribution in [3.8, 4) is 0 Å². The summed E-state index contributed by atoms with van der Waals surface area (Å²) < 4.78 is 4.88. The van der Waals surface area contributed by atoms with Crippen LogP contribution in [0.5, 0.6) is 0 Å². The van der Waals surface area contributed by atoms with Gasteiger partial charge in [0.2, 0.25) is 5.91 Å². The Morgan fingerprint density at radius 2 is 1.37 bits per heavy atom. The highest BCUT2D eigenvalue weighted by atomic mass is 16.6. The second-order valence-corrected chi connectivity index (χ2v) is 6.73. The van der Waals surface area contributed by atoms with E-state index in [1.54, 1.807) is 0 Å². The van der Waals surface area contributed by atoms with Gasteiger partial charge in [-0.1, -0.05) is 26.2 Å². The predicted molar refractivity (Wildman–Crippen MR) is 104 cm³/mol. The summed E-state index contributed by atoms with van der Waals surface area (Å²) >= 11 is 0. The monoisotopic (exact) mass is 387 g/mol. The summed E-state index contributed by atoms with van der Waals surface area (Å²) in [6.07, 6.45) is 5.65. The third-order valence-electron chi connectivity index (χ3n) is 4.23. The van der Waals surface area contributed by atoms with Crippen LogP contribution in [-0.4, -0.2) is 49.1 Å². The van der Waals surface area contributed by atoms with Gasteiger partial charge in [0.25, 0.3) is 0 Å². The molecule has 9 heteroatoms. The second kappa shape index (κ2) is 15.5. The first-order valence-electron chi connectivity index (χ1n) is 9.84. The summed E-state index contributed by atoms with van der Waals surface area (Å²) in [5.74, 6) is -2.05. The summed E-state index contributed by atoms with van der Waals surface area (Å²) in [7, 11) is 0. The molecule has 0 aliphatic heterocycles. The van der Waals surface area contributed by atoms with Crippen molar-refractivity contribution in [2.24, 2.45) is 22.9 Å². The normalized spacial score (nSPS) is 14.3. The highest BCUT2D eigenvalue weighted by molar-refractivity contribution is 5.93. The van der Waals surface area contributed by atoms with E-state index in [1.165, 1.54) is 0 Å². The molecule has 0 aromatic carbocycles. The van der Waals surface area contributed by atoms with Crippen LogP contribution in [0.3, 0.4) is 0 Å². The minimum atomic E-state index is -0.952. The molecule has 0 rings (SSSR count). The van der Waals surface area contributed by atoms with Gasteiger partial charge in [-0.25, -0.2) is 9.59 Å². The van der Waals surface area contributed by atoms with Crippen molar-refractivity contribution in [2.75, 3.05) is 13.1 Å². The maximum Gasteiger partial charge on any atom is 0.336 e. The average molecular weight is 388 g/mol. The zero-order valence-electron chi connectivity index (χ0n) is 16.5. The van der Waals surface area contributed by atoms with Crippen LogP contribution in [0.15, 0.2) is 0 Å². The number of carbonyl (C=O) groups excluding carboxylic acids is 3. The lowest BCUT2D eigenvalue weighted by molar-refractivity contribution is -0.163. The third-order valence-corrected chi connectivity index (χ3v) is 4.23. The minimum absolute atomic E-state index is 0.314. The Balaban J connectivity index is 4.73. The molecule has 0 fully saturated rings. The second-order valence-electron chi connectivity index (χ2n) is 6.73. The first-order chi connectivity index (χ1) is 12.9. The van der Waals surface area contributed by atoms with Gasteiger partial charge in [0.15, 0.2) is 0 Å². The minimum Gasteiger partial charge on any atom is -0.390 e. The van der Waals surface area contributed by atoms with Gasteiger partial charge in [-0.05, 0) is 51.6 Å². The van der Waals surface area contributed by atoms with Crippen molar-refractivity contribution in [1.29, 1.82) is 0 Å². The molecule has 9 N–H and O–H groups in total. The van der Waals surface area contributed by atoms with Crippen molar-refractivity contribution in [1.82, 2.24) is 5.32 Å². The van der Waals surface area contributed by atoms with Crippen LogP contribution in [0.2, 0.25) is 0 Å². The maximum atomic E-state index is 12.3. The van der Waals surface area contributed by atoms with Gasteiger partial charge < -0.3 is 33.0 Å². The number of nitrogens with two attached hydrogens (primary N) is 4. The number of esters is 2. The van der Waals surface area contributed by atoms with E-state index in [-0.39, 0.29) is 0 Å². The Labute approximate surface area is 161 Å². The van der Waals surface area contributed by atoms with Gasteiger partial charge in [-0.3, -0.25) is 4.79 Å². The third kappa shape index (κ3) is 11.7. The van der Waals surface area contributed by atoms with E-state index in [9.17, 15) is 14.4 Å². The number of amides is 1. The Hall–Kier alpha value is -1.55. The van der Waals surface area contributed by atoms with Crippen molar-refractivity contribution < 1.29 is 19.1 Å². The summed E-state index contributed by atoms with van der Waals surface area (Å²) in [6.45, 7) is 2.97. The Morgan fingerprint density at radius 1 is 0.815 bits per heavy atom. The lowest BCUT2D eigenvalue weighted by Gasteiger charge is -2.20. The number of hydrogen-bond acceptors (Lipinski definition) is 8. The molecule has 0 bridgehead atoms. The van der Waals surface area contributed by atoms with E-state index in [1.807, 2.05) is 6.92 Å². The topological polar surface area (TPSA) is 177 Å². The summed E-state index contributed by atoms with van der Waals surface area (Å²) in [4.78, 5) is 36.5. The fraction of sp³-hybridized carbons (Fsp3) is 0.833. The van der Waals surface area contributed by atoms with Crippen LogP contribution in [0.25, 0.3) is 0 Å². The number of nitrogens with one attached hydrogen (secondary N) is 1. The molecule has 0 spiro atoms. The Kier molecular flexibility index (Phi) is 14.6. The van der Waals surface area contributed by atoms with E-state index in [0.717, 1.165) is 25.7 Å². The number of hydrogen-bond donors (Lipinski definition) is 5. The highest BCUT2D eigenvalue weighted by Crippen LogP contribution is 2.07. The van der Waals surface area contributed by atoms with E-state index in [2.05, 4.69) is 5.32 Å². The molecule has 0 aromatic heterocycles. The van der Waals surface area contributed by atoms with Gasteiger partial charge in [-0.15, -0.1) is 0 Å². The standard InChI is InChI=1S/C18H37N5O4/c1-2-3-8-14(22)17(25)27-18(26)15(10-5-7-12-20)23-16(24)13(21)9-4-6-11-19/h13-15H,2-12,19-22H2,1H3,(H,23,24)/t13-,14?,15-/m0/s1. The highest BCUT2D eigenvalue weighted by Gasteiger charge is 2.28. The molecule has 0 heterocycles. The lowest BCUT2D eigenvalue weighted by Crippen LogP contribution is -2.50. The van der Waals surface area contributed by atoms with Crippen LogP contribution in [0.1, 0.15) is 64.7 Å². The molecule has 0 saturated carbocycles. The van der Waals surface area contributed by atoms with Crippen LogP contribution in [-0.2, 0) is 19.1 Å². The quantitative estimate of drug-likeness (QED) is 0.144. The summed E-state index contributed by atoms with van der Waals surface area (Å²) in [5.41, 5.74) is 22.5. The smallest absolute Gasteiger partial charge is 0.336 e. The molecular weight excluding hydrogens is 350 g/mol. The fourth-order valence-corrected chi connectivity index (χ4v) is 2.45. The van der Waals surface area contributed by atoms with Gasteiger partial charge >= 0.3 is 11.9 Å². The molecule has 0 aliphatic rings. The Morgan fingerprint density at radius 3 is 1.93 bits per heavy atom. The first-order valence-corrected chi connectivity index (χ1v) is 9.84. The van der Waals surface area contributed by atoms with Crippen LogP contribution in [0, 0.1) is 0 Å². The molecule has 3 atom stereocenters. The van der Waals surface area contributed by atoms with E-state index >= 15 is 0 Å². The van der Waals surface area contributed by atoms with Crippen molar-refractivity contribution in [2.45, 2.75) is 82.8 Å². The van der Waals surface area contributed by atoms with Crippen molar-refractivity contribution in [3.05, 3.63) is 0 Å². The van der Waals surface area contributed by atoms with Crippen LogP contribution >= 0.6 is 0 Å². The molecule has 158 valence electrons. The fourth-order valence-electron chi connectivity index (χ4n) is 2.45. The molecule has 0 saturated heterocycles. The van der Waals surface area contributed by atoms with E-state index in [4.69, 9.17) is 27.7 Å². The number of unbranched alkanes of at least 4 members (excludes halogenated alkanes) is 3. The Bertz CT molecular complexity index is 447. The van der Waals surface area contributed by atoms with E-state index in [0.29, 0.717) is 45.2 Å². The maximum absolute atomic E-state index is 12.3. The molecule has 0 aromatic rings. The number of rotatable bonds is 15. The van der Waals surface area contributed by atoms with Gasteiger partial charge in [0, 0.05) is 0 Å². The molecule has 0 aliphatic carbocycles. The summed E-state index contributed by atoms with van der Waals surface area (Å²) in [6, 6.07) is -2.55. The van der Waals surface area contributed by atoms with Crippen molar-refractivity contribution >= 4 is 17.8 Å². The van der Waals surface area contributed by atoms with Gasteiger partial charge in [0.05, 0.1) is 6.04 Å². The molecular formula is C18H37N5O4. The average Bonchev–Trinajstić information content (AvgIpc) is 2.65. The zero-order valence-corrected chi connectivity index (χ0v) is 16.5. The molecule has 27 heavy (non-hydrogen) atoms. The summed E-state index contributed by atoms with van der Waals surface area (Å²) in [5, 5.41) is 2.59. The predicted octanol–water partition coefficient (Wildman–Crippen LogP) is -0.356. The largest absolute Gasteiger partial charge is 0.390 e. The SMILES string of the molecule is CCCCC(N)C(=O)OC(=O)[C@H](CCCCN)NC(=O)[C@@H](N)CCCCN. The molecule has 9 nitrogen and oxygen atoms in total. The number of ether oxygens (including phenoxy) is 1. The van der Waals surface area contributed by atoms with Gasteiger partial charge in [0.1, 0.15) is 12.1 Å². The zero-order chi connectivity index (χ0) is 20.7. The molecule has 1 amide bonds. The van der Waals surface area contributed by atoms with Crippen molar-refractivity contribution in [3.63, 3.8) is 0 Å². The van der Waals surface area contributed by atoms with Gasteiger partial charge in [-0.2, -0.15) is 0 Å². The van der Waals surface area contributed by atoms with Crippen LogP contribution in [0.4, 0.5) is 0 Å². The molecule has 1 unspecified atom stereocenters. The van der Waals surface area contributed by atoms with Crippen LogP contribution < -0.4 is 28.3 Å². The first kappa shape index (κ1) is 25.4. The molecule has 0 radical (unpaired) electrons. The lowest BCUT2D eigenvalue weighted by atomic mass is 10.1.